The number of benzene rings is 2. The number of amides is 1. The number of nitrogens with zero attached hydrogens (tertiary/aromatic N) is 3. The van der Waals surface area contributed by atoms with Crippen LogP contribution in [-0.4, -0.2) is 21.2 Å². The van der Waals surface area contributed by atoms with E-state index in [9.17, 15) is 4.79 Å². The third-order valence-corrected chi connectivity index (χ3v) is 4.38. The summed E-state index contributed by atoms with van der Waals surface area (Å²) in [5.74, 6) is 0.130. The lowest BCUT2D eigenvalue weighted by Crippen LogP contribution is -2.14. The number of para-hydroxylation sites is 2. The Morgan fingerprint density at radius 1 is 1.30 bits per heavy atom. The average Bonchev–Trinajstić information content (AvgIpc) is 2.90. The van der Waals surface area contributed by atoms with E-state index in [0.717, 1.165) is 16.2 Å². The molecule has 3 aromatic rings. The first kappa shape index (κ1) is 15.1. The van der Waals surface area contributed by atoms with E-state index in [0.29, 0.717) is 11.3 Å². The Hall–Kier alpha value is -2.78. The normalized spacial score (nSPS) is 10.4. The Kier molecular flexibility index (Phi) is 4.31. The summed E-state index contributed by atoms with van der Waals surface area (Å²) in [4.78, 5) is 16.6. The average molecular weight is 322 g/mol. The van der Waals surface area contributed by atoms with E-state index in [1.807, 2.05) is 35.9 Å². The number of carbonyl (C=O) groups excluding carboxylic acids is 1. The van der Waals surface area contributed by atoms with Crippen molar-refractivity contribution in [3.63, 3.8) is 0 Å². The second-order valence-electron chi connectivity index (χ2n) is 4.97. The number of thioether (sulfide) groups is 1. The molecule has 0 unspecified atom stereocenters. The van der Waals surface area contributed by atoms with Gasteiger partial charge in [0, 0.05) is 12.7 Å². The van der Waals surface area contributed by atoms with Gasteiger partial charge in [-0.05, 0) is 30.3 Å². The Balaban J connectivity index is 1.66. The van der Waals surface area contributed by atoms with Crippen LogP contribution in [0.2, 0.25) is 0 Å². The molecule has 6 heteroatoms. The predicted octanol–water partition coefficient (Wildman–Crippen LogP) is 3.18. The molecular formula is C17H14N4OS. The summed E-state index contributed by atoms with van der Waals surface area (Å²) in [6.07, 6.45) is 0. The summed E-state index contributed by atoms with van der Waals surface area (Å²) in [6.45, 7) is 0. The molecule has 2 aromatic carbocycles. The molecule has 0 aliphatic heterocycles. The number of hydrogen-bond acceptors (Lipinski definition) is 4. The topological polar surface area (TPSA) is 70.7 Å². The second-order valence-corrected chi connectivity index (χ2v) is 5.91. The van der Waals surface area contributed by atoms with Gasteiger partial charge in [-0.15, -0.1) is 0 Å². The van der Waals surface area contributed by atoms with E-state index >= 15 is 0 Å². The standard InChI is InChI=1S/C17H14N4OS/c1-21-15-8-3-2-7-14(15)20-17(21)23-11-16(22)19-13-6-4-5-12(9-13)10-18/h2-9H,11H2,1H3,(H,19,22). The number of nitrogens with one attached hydrogen (secondary N) is 1. The van der Waals surface area contributed by atoms with Crippen molar-refractivity contribution in [1.82, 2.24) is 9.55 Å². The van der Waals surface area contributed by atoms with Gasteiger partial charge in [-0.3, -0.25) is 4.79 Å². The van der Waals surface area contributed by atoms with Crippen molar-refractivity contribution in [3.05, 3.63) is 54.1 Å². The van der Waals surface area contributed by atoms with Crippen LogP contribution in [0.15, 0.2) is 53.7 Å². The van der Waals surface area contributed by atoms with E-state index < -0.39 is 0 Å². The van der Waals surface area contributed by atoms with Gasteiger partial charge >= 0.3 is 0 Å². The van der Waals surface area contributed by atoms with E-state index in [1.165, 1.54) is 11.8 Å². The molecule has 0 saturated carbocycles. The van der Waals surface area contributed by atoms with Crippen molar-refractivity contribution < 1.29 is 4.79 Å². The number of hydrogen-bond donors (Lipinski definition) is 1. The molecule has 1 aromatic heterocycles. The summed E-state index contributed by atoms with van der Waals surface area (Å²) in [6, 6.07) is 16.8. The van der Waals surface area contributed by atoms with Crippen molar-refractivity contribution in [2.75, 3.05) is 11.1 Å². The Morgan fingerprint density at radius 3 is 2.91 bits per heavy atom. The summed E-state index contributed by atoms with van der Waals surface area (Å²) < 4.78 is 1.98. The predicted molar refractivity (Wildman–Crippen MR) is 91.2 cm³/mol. The van der Waals surface area contributed by atoms with Crippen LogP contribution in [0, 0.1) is 11.3 Å². The van der Waals surface area contributed by atoms with Crippen molar-refractivity contribution in [2.45, 2.75) is 5.16 Å². The lowest BCUT2D eigenvalue weighted by atomic mass is 10.2. The van der Waals surface area contributed by atoms with Gasteiger partial charge in [0.1, 0.15) is 0 Å². The molecular weight excluding hydrogens is 308 g/mol. The van der Waals surface area contributed by atoms with Gasteiger partial charge in [-0.25, -0.2) is 4.98 Å². The maximum Gasteiger partial charge on any atom is 0.234 e. The SMILES string of the molecule is Cn1c(SCC(=O)Nc2cccc(C#N)c2)nc2ccccc21. The highest BCUT2D eigenvalue weighted by Gasteiger charge is 2.10. The summed E-state index contributed by atoms with van der Waals surface area (Å²) in [5, 5.41) is 12.5. The fourth-order valence-corrected chi connectivity index (χ4v) is 3.03. The molecule has 0 saturated heterocycles. The molecule has 0 radical (unpaired) electrons. The Labute approximate surface area is 137 Å². The first-order valence-corrected chi connectivity index (χ1v) is 8.00. The zero-order valence-electron chi connectivity index (χ0n) is 12.5. The van der Waals surface area contributed by atoms with E-state index in [-0.39, 0.29) is 11.7 Å². The molecule has 3 rings (SSSR count). The van der Waals surface area contributed by atoms with Gasteiger partial charge in [0.15, 0.2) is 5.16 Å². The highest BCUT2D eigenvalue weighted by molar-refractivity contribution is 7.99. The minimum Gasteiger partial charge on any atom is -0.325 e. The minimum absolute atomic E-state index is 0.128. The first-order chi connectivity index (χ1) is 11.2. The molecule has 5 nitrogen and oxygen atoms in total. The molecule has 1 heterocycles. The lowest BCUT2D eigenvalue weighted by Gasteiger charge is -2.05. The van der Waals surface area contributed by atoms with Gasteiger partial charge in [0.2, 0.25) is 5.91 Å². The summed E-state index contributed by atoms with van der Waals surface area (Å²) >= 11 is 1.38. The van der Waals surface area contributed by atoms with Crippen molar-refractivity contribution in [2.24, 2.45) is 7.05 Å². The molecule has 0 aliphatic carbocycles. The number of nitriles is 1. The monoisotopic (exact) mass is 322 g/mol. The highest BCUT2D eigenvalue weighted by Crippen LogP contribution is 2.22. The third kappa shape index (κ3) is 3.35. The molecule has 0 spiro atoms. The van der Waals surface area contributed by atoms with Crippen molar-refractivity contribution in [1.29, 1.82) is 5.26 Å². The van der Waals surface area contributed by atoms with Gasteiger partial charge in [-0.1, -0.05) is 30.0 Å². The van der Waals surface area contributed by atoms with Crippen LogP contribution in [0.25, 0.3) is 11.0 Å². The van der Waals surface area contributed by atoms with Crippen LogP contribution in [0.3, 0.4) is 0 Å². The number of aromatic nitrogens is 2. The van der Waals surface area contributed by atoms with E-state index in [1.54, 1.807) is 24.3 Å². The molecule has 0 fully saturated rings. The molecule has 0 bridgehead atoms. The van der Waals surface area contributed by atoms with Crippen LogP contribution < -0.4 is 5.32 Å². The van der Waals surface area contributed by atoms with E-state index in [4.69, 9.17) is 5.26 Å². The molecule has 114 valence electrons. The number of imidazole rings is 1. The van der Waals surface area contributed by atoms with Gasteiger partial charge in [-0.2, -0.15) is 5.26 Å². The molecule has 23 heavy (non-hydrogen) atoms. The Bertz CT molecular complexity index is 910. The molecule has 1 N–H and O–H groups in total. The third-order valence-electron chi connectivity index (χ3n) is 3.35. The molecule has 0 aliphatic rings. The van der Waals surface area contributed by atoms with Crippen molar-refractivity contribution in [3.8, 4) is 6.07 Å². The van der Waals surface area contributed by atoms with Crippen molar-refractivity contribution >= 4 is 34.4 Å². The van der Waals surface area contributed by atoms with Gasteiger partial charge < -0.3 is 9.88 Å². The number of aryl methyl sites for hydroxylation is 1. The fraction of sp³-hybridized carbons (Fsp3) is 0.118. The second kappa shape index (κ2) is 6.55. The number of fused-ring (bicyclic) bond motifs is 1. The van der Waals surface area contributed by atoms with Gasteiger partial charge in [0.05, 0.1) is 28.4 Å². The van der Waals surface area contributed by atoms with Crippen LogP contribution in [-0.2, 0) is 11.8 Å². The van der Waals surface area contributed by atoms with E-state index in [2.05, 4.69) is 16.4 Å². The maximum absolute atomic E-state index is 12.1. The fourth-order valence-electron chi connectivity index (χ4n) is 2.25. The van der Waals surface area contributed by atoms with Crippen LogP contribution in [0.4, 0.5) is 5.69 Å². The first-order valence-electron chi connectivity index (χ1n) is 7.01. The van der Waals surface area contributed by atoms with Gasteiger partial charge in [0.25, 0.3) is 0 Å². The molecule has 1 amide bonds. The highest BCUT2D eigenvalue weighted by atomic mass is 32.2. The largest absolute Gasteiger partial charge is 0.325 e. The van der Waals surface area contributed by atoms with Crippen LogP contribution in [0.1, 0.15) is 5.56 Å². The number of rotatable bonds is 4. The van der Waals surface area contributed by atoms with Crippen LogP contribution >= 0.6 is 11.8 Å². The zero-order valence-corrected chi connectivity index (χ0v) is 13.3. The van der Waals surface area contributed by atoms with Crippen LogP contribution in [0.5, 0.6) is 0 Å². The zero-order chi connectivity index (χ0) is 16.2. The summed E-state index contributed by atoms with van der Waals surface area (Å²) in [5.41, 5.74) is 3.10. The minimum atomic E-state index is -0.128. The quantitative estimate of drug-likeness (QED) is 0.749. The maximum atomic E-state index is 12.1. The number of carbonyl (C=O) groups is 1. The molecule has 0 atom stereocenters. The smallest absolute Gasteiger partial charge is 0.234 e. The lowest BCUT2D eigenvalue weighted by molar-refractivity contribution is -0.113. The Morgan fingerprint density at radius 2 is 2.13 bits per heavy atom. The number of anilines is 1. The summed E-state index contributed by atoms with van der Waals surface area (Å²) in [7, 11) is 1.94.